The van der Waals surface area contributed by atoms with Gasteiger partial charge < -0.3 is 10.1 Å². The standard InChI is InChI=1S/C16H16F2N4O3/c17-16(18)5-13(6-19)21(10-16)14(23)7-20-15(24)22(25)8-11-3-1-2-4-12(11)9-22/h1-4,13H,5,7-10H2,(H,20,24). The number of benzene rings is 1. The van der Waals surface area contributed by atoms with Crippen LogP contribution in [-0.4, -0.2) is 46.5 Å². The first-order chi connectivity index (χ1) is 11.7. The van der Waals surface area contributed by atoms with E-state index in [1.165, 1.54) is 0 Å². The summed E-state index contributed by atoms with van der Waals surface area (Å²) in [4.78, 5) is 25.0. The Bertz CT molecular complexity index is 737. The third kappa shape index (κ3) is 3.31. The van der Waals surface area contributed by atoms with Crippen molar-refractivity contribution in [3.8, 4) is 6.07 Å². The first kappa shape index (κ1) is 17.3. The Labute approximate surface area is 142 Å². The number of rotatable bonds is 2. The van der Waals surface area contributed by atoms with E-state index in [1.807, 2.05) is 0 Å². The molecular weight excluding hydrogens is 334 g/mol. The zero-order valence-corrected chi connectivity index (χ0v) is 13.2. The third-order valence-electron chi connectivity index (χ3n) is 4.47. The summed E-state index contributed by atoms with van der Waals surface area (Å²) in [5, 5.41) is 23.8. The fourth-order valence-electron chi connectivity index (χ4n) is 3.21. The molecular formula is C16H16F2N4O3. The van der Waals surface area contributed by atoms with Crippen LogP contribution in [0.4, 0.5) is 13.6 Å². The summed E-state index contributed by atoms with van der Waals surface area (Å²) >= 11 is 0. The normalized spacial score (nSPS) is 23.0. The maximum absolute atomic E-state index is 13.4. The number of alkyl halides is 2. The van der Waals surface area contributed by atoms with Crippen LogP contribution >= 0.6 is 0 Å². The molecule has 9 heteroatoms. The number of hydrogen-bond donors (Lipinski definition) is 1. The molecule has 2 aliphatic rings. The van der Waals surface area contributed by atoms with E-state index in [9.17, 15) is 23.6 Å². The quantitative estimate of drug-likeness (QED) is 0.645. The monoisotopic (exact) mass is 350 g/mol. The van der Waals surface area contributed by atoms with Gasteiger partial charge in [-0.15, -0.1) is 0 Å². The van der Waals surface area contributed by atoms with Crippen LogP contribution in [0.3, 0.4) is 0 Å². The molecule has 0 spiro atoms. The van der Waals surface area contributed by atoms with Gasteiger partial charge in [0.1, 0.15) is 25.7 Å². The van der Waals surface area contributed by atoms with Crippen LogP contribution in [-0.2, 0) is 17.9 Å². The van der Waals surface area contributed by atoms with Gasteiger partial charge in [0.05, 0.1) is 12.6 Å². The number of fused-ring (bicyclic) bond motifs is 1. The van der Waals surface area contributed by atoms with E-state index >= 15 is 0 Å². The minimum atomic E-state index is -3.12. The van der Waals surface area contributed by atoms with E-state index < -0.39 is 48.1 Å². The van der Waals surface area contributed by atoms with Gasteiger partial charge in [-0.2, -0.15) is 5.26 Å². The zero-order chi connectivity index (χ0) is 18.2. The number of carbonyl (C=O) groups excluding carboxylic acids is 2. The largest absolute Gasteiger partial charge is 0.623 e. The van der Waals surface area contributed by atoms with Crippen molar-refractivity contribution in [1.29, 1.82) is 5.26 Å². The molecule has 0 saturated carbocycles. The number of hydroxylamine groups is 3. The fraction of sp³-hybridized carbons (Fsp3) is 0.438. The number of nitriles is 1. The summed E-state index contributed by atoms with van der Waals surface area (Å²) in [6.45, 7) is -1.54. The van der Waals surface area contributed by atoms with Gasteiger partial charge in [-0.25, -0.2) is 13.6 Å². The highest BCUT2D eigenvalue weighted by Gasteiger charge is 2.47. The first-order valence-electron chi connectivity index (χ1n) is 7.74. The molecule has 1 atom stereocenters. The van der Waals surface area contributed by atoms with Gasteiger partial charge >= 0.3 is 6.03 Å². The minimum Gasteiger partial charge on any atom is -0.623 e. The van der Waals surface area contributed by atoms with Gasteiger partial charge in [-0.05, 0) is 0 Å². The molecule has 1 fully saturated rings. The van der Waals surface area contributed by atoms with Crippen LogP contribution < -0.4 is 5.32 Å². The third-order valence-corrected chi connectivity index (χ3v) is 4.47. The van der Waals surface area contributed by atoms with Gasteiger partial charge in [0.25, 0.3) is 5.92 Å². The van der Waals surface area contributed by atoms with Crippen molar-refractivity contribution in [1.82, 2.24) is 10.2 Å². The number of likely N-dealkylation sites (tertiary alicyclic amines) is 1. The van der Waals surface area contributed by atoms with E-state index in [0.29, 0.717) is 0 Å². The predicted octanol–water partition coefficient (Wildman–Crippen LogP) is 1.48. The van der Waals surface area contributed by atoms with Crippen LogP contribution in [0.15, 0.2) is 24.3 Å². The highest BCUT2D eigenvalue weighted by atomic mass is 19.3. The van der Waals surface area contributed by atoms with Crippen molar-refractivity contribution in [2.45, 2.75) is 31.5 Å². The Morgan fingerprint density at radius 2 is 1.96 bits per heavy atom. The second-order valence-corrected chi connectivity index (χ2v) is 6.36. The summed E-state index contributed by atoms with van der Waals surface area (Å²) < 4.78 is 25.6. The molecule has 1 N–H and O–H groups in total. The van der Waals surface area contributed by atoms with Crippen LogP contribution in [0.25, 0.3) is 0 Å². The SMILES string of the molecule is N#CC1CC(F)(F)CN1C(=O)CNC(=O)[N+]1([O-])Cc2ccccc2C1. The van der Waals surface area contributed by atoms with Crippen molar-refractivity contribution in [3.63, 3.8) is 0 Å². The van der Waals surface area contributed by atoms with Crippen molar-refractivity contribution >= 4 is 11.9 Å². The highest BCUT2D eigenvalue weighted by molar-refractivity contribution is 5.83. The van der Waals surface area contributed by atoms with Crippen molar-refractivity contribution in [2.24, 2.45) is 0 Å². The number of nitrogens with one attached hydrogen (secondary N) is 1. The molecule has 1 aromatic rings. The van der Waals surface area contributed by atoms with Crippen LogP contribution in [0.2, 0.25) is 0 Å². The van der Waals surface area contributed by atoms with Crippen LogP contribution in [0.5, 0.6) is 0 Å². The number of amides is 3. The summed E-state index contributed by atoms with van der Waals surface area (Å²) in [5.41, 5.74) is 1.53. The van der Waals surface area contributed by atoms with Crippen molar-refractivity contribution in [2.75, 3.05) is 13.1 Å². The van der Waals surface area contributed by atoms with Gasteiger partial charge in [0.2, 0.25) is 5.91 Å². The molecule has 2 heterocycles. The van der Waals surface area contributed by atoms with Gasteiger partial charge in [-0.3, -0.25) is 14.8 Å². The summed E-state index contributed by atoms with van der Waals surface area (Å²) in [6.07, 6.45) is -0.722. The van der Waals surface area contributed by atoms with Crippen LogP contribution in [0, 0.1) is 16.5 Å². The predicted molar refractivity (Wildman–Crippen MR) is 81.6 cm³/mol. The fourth-order valence-corrected chi connectivity index (χ4v) is 3.21. The molecule has 1 aromatic carbocycles. The molecule has 2 aliphatic heterocycles. The van der Waals surface area contributed by atoms with Crippen molar-refractivity contribution < 1.29 is 23.0 Å². The maximum atomic E-state index is 13.4. The number of nitrogens with zero attached hydrogens (tertiary/aromatic N) is 3. The Balaban J connectivity index is 1.60. The molecule has 0 aromatic heterocycles. The lowest BCUT2D eigenvalue weighted by Crippen LogP contribution is -2.52. The summed E-state index contributed by atoms with van der Waals surface area (Å²) in [5.74, 6) is -3.93. The number of urea groups is 1. The molecule has 0 radical (unpaired) electrons. The van der Waals surface area contributed by atoms with E-state index in [2.05, 4.69) is 5.32 Å². The van der Waals surface area contributed by atoms with Crippen LogP contribution in [0.1, 0.15) is 17.5 Å². The lowest BCUT2D eigenvalue weighted by molar-refractivity contribution is -0.820. The molecule has 1 unspecified atom stereocenters. The molecule has 3 amide bonds. The lowest BCUT2D eigenvalue weighted by atomic mass is 10.1. The van der Waals surface area contributed by atoms with Gasteiger partial charge in [-0.1, -0.05) is 24.3 Å². The minimum absolute atomic E-state index is 0.0429. The smallest absolute Gasteiger partial charge is 0.417 e. The van der Waals surface area contributed by atoms with Gasteiger partial charge in [0, 0.05) is 17.5 Å². The number of hydrogen-bond acceptors (Lipinski definition) is 4. The van der Waals surface area contributed by atoms with E-state index in [-0.39, 0.29) is 13.1 Å². The molecule has 0 aliphatic carbocycles. The average Bonchev–Trinajstić information content (AvgIpc) is 3.08. The molecule has 25 heavy (non-hydrogen) atoms. The second kappa shape index (κ2) is 6.06. The van der Waals surface area contributed by atoms with Crippen molar-refractivity contribution in [3.05, 3.63) is 40.6 Å². The Morgan fingerprint density at radius 1 is 1.36 bits per heavy atom. The molecule has 0 bridgehead atoms. The summed E-state index contributed by atoms with van der Waals surface area (Å²) in [7, 11) is 0. The number of carbonyl (C=O) groups is 2. The summed E-state index contributed by atoms with van der Waals surface area (Å²) in [6, 6.07) is 6.59. The number of halogens is 2. The topological polar surface area (TPSA) is 96.3 Å². The second-order valence-electron chi connectivity index (χ2n) is 6.36. The number of quaternary nitrogens is 1. The van der Waals surface area contributed by atoms with Gasteiger partial charge in [0.15, 0.2) is 0 Å². The molecule has 7 nitrogen and oxygen atoms in total. The Kier molecular flexibility index (Phi) is 4.18. The molecule has 132 valence electrons. The van der Waals surface area contributed by atoms with E-state index in [4.69, 9.17) is 5.26 Å². The lowest BCUT2D eigenvalue weighted by Gasteiger charge is -2.34. The zero-order valence-electron chi connectivity index (χ0n) is 13.2. The Morgan fingerprint density at radius 3 is 2.52 bits per heavy atom. The molecule has 3 rings (SSSR count). The highest BCUT2D eigenvalue weighted by Crippen LogP contribution is 2.32. The maximum Gasteiger partial charge on any atom is 0.417 e. The van der Waals surface area contributed by atoms with E-state index in [1.54, 1.807) is 30.3 Å². The molecule has 1 saturated heterocycles. The average molecular weight is 350 g/mol. The first-order valence-corrected chi connectivity index (χ1v) is 7.74. The Hall–Kier alpha value is -2.57. The van der Waals surface area contributed by atoms with E-state index in [0.717, 1.165) is 16.0 Å².